The number of hydrogen-bond donors (Lipinski definition) is 0. The molecule has 0 heterocycles. The molecule has 0 bridgehead atoms. The zero-order valence-corrected chi connectivity index (χ0v) is 9.43. The normalized spacial score (nSPS) is 0. The van der Waals surface area contributed by atoms with Crippen LogP contribution in [0.5, 0.6) is 0 Å². The van der Waals surface area contributed by atoms with Gasteiger partial charge in [-0.3, -0.25) is 0 Å². The first-order valence-electron chi connectivity index (χ1n) is 0. The van der Waals surface area contributed by atoms with Crippen molar-refractivity contribution in [3.8, 4) is 0 Å². The molecule has 0 fully saturated rings. The van der Waals surface area contributed by atoms with Crippen LogP contribution in [0.15, 0.2) is 0 Å². The van der Waals surface area contributed by atoms with Crippen LogP contribution < -0.4 is 0 Å². The summed E-state index contributed by atoms with van der Waals surface area (Å²) in [6.45, 7) is 0. The minimum absolute atomic E-state index is 0. The van der Waals surface area contributed by atoms with Gasteiger partial charge >= 0.3 is 0 Å². The molecule has 0 spiro atoms. The van der Waals surface area contributed by atoms with Gasteiger partial charge in [-0.25, -0.2) is 0 Å². The van der Waals surface area contributed by atoms with Crippen molar-refractivity contribution in [3.63, 3.8) is 0 Å². The summed E-state index contributed by atoms with van der Waals surface area (Å²) in [6, 6.07) is 0. The molecule has 0 rings (SSSR count). The first-order valence-corrected chi connectivity index (χ1v) is 0. The van der Waals surface area contributed by atoms with Crippen LogP contribution in [0.3, 0.4) is 0 Å². The summed E-state index contributed by atoms with van der Waals surface area (Å²) in [5.41, 5.74) is 0. The molecule has 0 aliphatic rings. The molecular weight excluding hydrogens is 376 g/mol. The van der Waals surface area contributed by atoms with E-state index in [4.69, 9.17) is 0 Å². The van der Waals surface area contributed by atoms with Crippen LogP contribution in [0.25, 0.3) is 0 Å². The SMILES string of the molecule is [Mo].[S-2].[S-2].[S-2].[W]. The van der Waals surface area contributed by atoms with E-state index >= 15 is 0 Å². The second-order valence-electron chi connectivity index (χ2n) is 0. The average molecular weight is 376 g/mol. The van der Waals surface area contributed by atoms with Crippen molar-refractivity contribution in [1.82, 2.24) is 0 Å². The monoisotopic (exact) mass is 378 g/mol. The molecule has 0 aliphatic carbocycles. The molecule has 0 saturated heterocycles. The Labute approximate surface area is 81.7 Å². The fourth-order valence-corrected chi connectivity index (χ4v) is 0. The molecule has 0 aliphatic heterocycles. The molecule has 0 nitrogen and oxygen atoms in total. The third-order valence-corrected chi connectivity index (χ3v) is 0. The minimum atomic E-state index is 0. The van der Waals surface area contributed by atoms with E-state index in [0.717, 1.165) is 0 Å². The van der Waals surface area contributed by atoms with Gasteiger partial charge in [-0.05, 0) is 0 Å². The Morgan fingerprint density at radius 2 is 0.600 bits per heavy atom. The van der Waals surface area contributed by atoms with Crippen molar-refractivity contribution >= 4 is 40.5 Å². The van der Waals surface area contributed by atoms with Gasteiger partial charge in [0.05, 0.1) is 0 Å². The summed E-state index contributed by atoms with van der Waals surface area (Å²) < 4.78 is 0. The van der Waals surface area contributed by atoms with E-state index in [0.29, 0.717) is 0 Å². The van der Waals surface area contributed by atoms with Gasteiger partial charge in [0.2, 0.25) is 0 Å². The van der Waals surface area contributed by atoms with Crippen LogP contribution in [-0.4, -0.2) is 0 Å². The Kier molecular flexibility index (Phi) is 335. The predicted molar refractivity (Wildman–Crippen MR) is 22.1 cm³/mol. The van der Waals surface area contributed by atoms with E-state index in [2.05, 4.69) is 0 Å². The topological polar surface area (TPSA) is 0 Å². The van der Waals surface area contributed by atoms with Crippen molar-refractivity contribution in [2.24, 2.45) is 0 Å². The molecular formula is MoS3W-6. The molecule has 0 aromatic carbocycles. The second kappa shape index (κ2) is 32.1. The maximum Gasteiger partial charge on any atom is 0 e. The van der Waals surface area contributed by atoms with E-state index in [1.807, 2.05) is 0 Å². The van der Waals surface area contributed by atoms with Crippen LogP contribution in [-0.2, 0) is 82.6 Å². The maximum absolute atomic E-state index is 0. The first kappa shape index (κ1) is 52.1. The van der Waals surface area contributed by atoms with Gasteiger partial charge < -0.3 is 40.5 Å². The quantitative estimate of drug-likeness (QED) is 0.522. The molecule has 5 heteroatoms. The molecule has 0 saturated carbocycles. The smallest absolute Gasteiger partial charge is 0 e. The van der Waals surface area contributed by atoms with Gasteiger partial charge in [-0.15, -0.1) is 0 Å². The average Bonchev–Trinajstić information content (AvgIpc) is 0. The Morgan fingerprint density at radius 1 is 0.600 bits per heavy atom. The zero-order valence-electron chi connectivity index (χ0n) is 2.04. The van der Waals surface area contributed by atoms with Crippen molar-refractivity contribution in [1.29, 1.82) is 0 Å². The zero-order chi connectivity index (χ0) is 0. The van der Waals surface area contributed by atoms with Gasteiger partial charge in [0, 0.05) is 42.1 Å². The van der Waals surface area contributed by atoms with Crippen LogP contribution in [0.2, 0.25) is 0 Å². The van der Waals surface area contributed by atoms with E-state index in [1.54, 1.807) is 0 Å². The molecule has 0 amide bonds. The van der Waals surface area contributed by atoms with E-state index in [-0.39, 0.29) is 82.6 Å². The number of hydrogen-bond acceptors (Lipinski definition) is 0. The fraction of sp³-hybridized carbons (Fsp3) is 0. The van der Waals surface area contributed by atoms with Crippen molar-refractivity contribution in [2.45, 2.75) is 0 Å². The number of rotatable bonds is 0. The van der Waals surface area contributed by atoms with Crippen LogP contribution in [0, 0.1) is 0 Å². The molecule has 0 atom stereocenters. The largest absolute Gasteiger partial charge is 2.00 e. The molecule has 0 N–H and O–H groups in total. The summed E-state index contributed by atoms with van der Waals surface area (Å²) in [4.78, 5) is 0. The summed E-state index contributed by atoms with van der Waals surface area (Å²) in [5, 5.41) is 0. The van der Waals surface area contributed by atoms with Crippen LogP contribution in [0.4, 0.5) is 0 Å². The first-order chi connectivity index (χ1) is 0. The fourth-order valence-electron chi connectivity index (χ4n) is 0. The van der Waals surface area contributed by atoms with Crippen molar-refractivity contribution in [3.05, 3.63) is 0 Å². The molecule has 0 aromatic rings. The van der Waals surface area contributed by atoms with Gasteiger partial charge in [-0.1, -0.05) is 0 Å². The maximum atomic E-state index is 0. The summed E-state index contributed by atoms with van der Waals surface area (Å²) in [6.07, 6.45) is 0. The Hall–Kier alpha value is 2.43. The molecule has 5 heavy (non-hydrogen) atoms. The standard InChI is InChI=1S/Mo.3S.W/q;3*-2;. The predicted octanol–water partition coefficient (Wildman–Crippen LogP) is -0.0122. The summed E-state index contributed by atoms with van der Waals surface area (Å²) in [7, 11) is 0. The van der Waals surface area contributed by atoms with Gasteiger partial charge in [0.1, 0.15) is 0 Å². The Morgan fingerprint density at radius 3 is 0.600 bits per heavy atom. The molecule has 0 radical (unpaired) electrons. The molecule has 36 valence electrons. The van der Waals surface area contributed by atoms with Crippen LogP contribution >= 0.6 is 0 Å². The van der Waals surface area contributed by atoms with E-state index in [1.165, 1.54) is 0 Å². The van der Waals surface area contributed by atoms with Gasteiger partial charge in [0.25, 0.3) is 0 Å². The van der Waals surface area contributed by atoms with E-state index < -0.39 is 0 Å². The van der Waals surface area contributed by atoms with E-state index in [9.17, 15) is 0 Å². The van der Waals surface area contributed by atoms with Gasteiger partial charge in [0.15, 0.2) is 0 Å². The van der Waals surface area contributed by atoms with Crippen LogP contribution in [0.1, 0.15) is 0 Å². The molecule has 0 unspecified atom stereocenters. The minimum Gasteiger partial charge on any atom is -2.00 e. The third kappa shape index (κ3) is 21.4. The van der Waals surface area contributed by atoms with Gasteiger partial charge in [-0.2, -0.15) is 0 Å². The van der Waals surface area contributed by atoms with Crippen molar-refractivity contribution < 1.29 is 42.1 Å². The van der Waals surface area contributed by atoms with Crippen molar-refractivity contribution in [2.75, 3.05) is 0 Å². The summed E-state index contributed by atoms with van der Waals surface area (Å²) >= 11 is 0. The Balaban J connectivity index is 0. The third-order valence-electron chi connectivity index (χ3n) is 0. The summed E-state index contributed by atoms with van der Waals surface area (Å²) in [5.74, 6) is 0. The molecule has 0 aromatic heterocycles. The Bertz CT molecular complexity index is 6.85. The second-order valence-corrected chi connectivity index (χ2v) is 0.